The quantitative estimate of drug-likeness (QED) is 0.152. The van der Waals surface area contributed by atoms with Crippen molar-refractivity contribution >= 4 is 0 Å². The maximum absolute atomic E-state index is 5.85. The first-order valence-corrected chi connectivity index (χ1v) is 14.4. The van der Waals surface area contributed by atoms with E-state index in [0.717, 1.165) is 47.9 Å². The Hall–Kier alpha value is -4.18. The topological polar surface area (TPSA) is 141 Å². The van der Waals surface area contributed by atoms with Crippen molar-refractivity contribution in [3.8, 4) is 46.7 Å². The number of hydrogen-bond acceptors (Lipinski definition) is 8. The zero-order valence-corrected chi connectivity index (χ0v) is 24.2. The van der Waals surface area contributed by atoms with Crippen molar-refractivity contribution in [2.24, 2.45) is 22.9 Å². The number of nitrogens with two attached hydrogens (primary N) is 4. The highest BCUT2D eigenvalue weighted by molar-refractivity contribution is 5.53. The van der Waals surface area contributed by atoms with Crippen molar-refractivity contribution in [2.45, 2.75) is 25.7 Å². The van der Waals surface area contributed by atoms with Gasteiger partial charge >= 0.3 is 0 Å². The third-order valence-electron chi connectivity index (χ3n) is 5.79. The molecule has 0 aliphatic carbocycles. The lowest BCUT2D eigenvalue weighted by Crippen LogP contribution is -2.07. The van der Waals surface area contributed by atoms with Crippen LogP contribution in [0.25, 0.3) is 0 Å². The Balaban J connectivity index is 1.80. The largest absolute Gasteiger partial charge is 0.493 e. The van der Waals surface area contributed by atoms with E-state index in [1.165, 1.54) is 0 Å². The van der Waals surface area contributed by atoms with Crippen molar-refractivity contribution in [1.82, 2.24) is 0 Å². The van der Waals surface area contributed by atoms with E-state index in [1.54, 1.807) is 0 Å². The van der Waals surface area contributed by atoms with Crippen LogP contribution in [0.2, 0.25) is 0 Å². The van der Waals surface area contributed by atoms with Crippen LogP contribution in [0, 0.1) is 23.7 Å². The fourth-order valence-corrected chi connectivity index (χ4v) is 3.68. The molecule has 3 aromatic rings. The van der Waals surface area contributed by atoms with Crippen molar-refractivity contribution in [2.75, 3.05) is 52.6 Å². The van der Waals surface area contributed by atoms with E-state index < -0.39 is 0 Å². The Bertz CT molecular complexity index is 1210. The summed E-state index contributed by atoms with van der Waals surface area (Å²) in [7, 11) is 0. The minimum atomic E-state index is 0.528. The maximum atomic E-state index is 5.85. The molecule has 222 valence electrons. The fourth-order valence-electron chi connectivity index (χ4n) is 3.68. The highest BCUT2D eigenvalue weighted by Crippen LogP contribution is 2.24. The summed E-state index contributed by atoms with van der Waals surface area (Å²) >= 11 is 0. The predicted molar refractivity (Wildman–Crippen MR) is 168 cm³/mol. The molecule has 0 aliphatic rings. The molecule has 0 radical (unpaired) electrons. The van der Waals surface area contributed by atoms with E-state index in [-0.39, 0.29) is 0 Å². The van der Waals surface area contributed by atoms with E-state index >= 15 is 0 Å². The van der Waals surface area contributed by atoms with Crippen molar-refractivity contribution in [1.29, 1.82) is 0 Å². The molecule has 8 heteroatoms. The van der Waals surface area contributed by atoms with Crippen molar-refractivity contribution < 1.29 is 18.9 Å². The first kappa shape index (κ1) is 32.3. The van der Waals surface area contributed by atoms with Gasteiger partial charge in [-0.1, -0.05) is 29.7 Å². The molecule has 0 saturated carbocycles. The lowest BCUT2D eigenvalue weighted by atomic mass is 10.1. The molecule has 0 aromatic heterocycles. The number of hydrogen-bond donors (Lipinski definition) is 4. The molecule has 0 saturated heterocycles. The van der Waals surface area contributed by atoms with E-state index in [2.05, 4.69) is 23.7 Å². The van der Waals surface area contributed by atoms with Gasteiger partial charge in [0.05, 0.1) is 26.4 Å². The summed E-state index contributed by atoms with van der Waals surface area (Å²) in [5.74, 6) is 15.7. The second-order valence-electron chi connectivity index (χ2n) is 9.43. The highest BCUT2D eigenvalue weighted by atomic mass is 16.5. The Morgan fingerprint density at radius 3 is 1.02 bits per heavy atom. The number of ether oxygens (including phenoxy) is 4. The molecule has 0 fully saturated rings. The van der Waals surface area contributed by atoms with E-state index in [4.69, 9.17) is 41.9 Å². The molecule has 0 spiro atoms. The molecule has 42 heavy (non-hydrogen) atoms. The molecule has 0 bridgehead atoms. The number of benzene rings is 3. The second kappa shape index (κ2) is 19.0. The Morgan fingerprint density at radius 2 is 0.714 bits per heavy atom. The Kier molecular flexibility index (Phi) is 14.7. The minimum absolute atomic E-state index is 0.528. The van der Waals surface area contributed by atoms with Gasteiger partial charge in [-0.3, -0.25) is 0 Å². The van der Waals surface area contributed by atoms with Gasteiger partial charge in [-0.2, -0.15) is 0 Å². The van der Waals surface area contributed by atoms with Gasteiger partial charge in [0.25, 0.3) is 0 Å². The van der Waals surface area contributed by atoms with Gasteiger partial charge in [0.1, 0.15) is 23.0 Å². The molecule has 0 heterocycles. The zero-order chi connectivity index (χ0) is 29.8. The van der Waals surface area contributed by atoms with Gasteiger partial charge in [0.2, 0.25) is 0 Å². The molecule has 3 aromatic carbocycles. The zero-order valence-electron chi connectivity index (χ0n) is 24.2. The number of rotatable bonds is 16. The molecule has 0 atom stereocenters. The summed E-state index contributed by atoms with van der Waals surface area (Å²) in [4.78, 5) is 0. The monoisotopic (exact) mass is 570 g/mol. The van der Waals surface area contributed by atoms with Crippen LogP contribution in [0.15, 0.2) is 60.7 Å². The molecule has 3 rings (SSSR count). The smallest absolute Gasteiger partial charge is 0.124 e. The van der Waals surface area contributed by atoms with Crippen LogP contribution in [-0.2, 0) is 0 Å². The molecular formula is C34H42N4O4. The summed E-state index contributed by atoms with van der Waals surface area (Å²) in [5.41, 5.74) is 25.7. The molecule has 8 nitrogen and oxygen atoms in total. The lowest BCUT2D eigenvalue weighted by Gasteiger charge is -2.10. The average Bonchev–Trinajstić information content (AvgIpc) is 3.00. The van der Waals surface area contributed by atoms with Crippen molar-refractivity contribution in [3.63, 3.8) is 0 Å². The van der Waals surface area contributed by atoms with E-state index in [9.17, 15) is 0 Å². The normalized spacial score (nSPS) is 10.2. The van der Waals surface area contributed by atoms with Crippen LogP contribution in [0.1, 0.15) is 47.9 Å². The lowest BCUT2D eigenvalue weighted by molar-refractivity contribution is 0.297. The minimum Gasteiger partial charge on any atom is -0.493 e. The first-order valence-electron chi connectivity index (χ1n) is 14.4. The van der Waals surface area contributed by atoms with Gasteiger partial charge in [-0.25, -0.2) is 0 Å². The summed E-state index contributed by atoms with van der Waals surface area (Å²) in [5, 5.41) is 0. The Morgan fingerprint density at radius 1 is 0.405 bits per heavy atom. The van der Waals surface area contributed by atoms with E-state index in [0.29, 0.717) is 75.6 Å². The van der Waals surface area contributed by atoms with Gasteiger partial charge in [-0.05, 0) is 94.3 Å². The summed E-state index contributed by atoms with van der Waals surface area (Å²) < 4.78 is 23.4. The maximum Gasteiger partial charge on any atom is 0.124 e. The summed E-state index contributed by atoms with van der Waals surface area (Å²) in [6, 6.07) is 19.1. The predicted octanol–water partition coefficient (Wildman–Crippen LogP) is 3.40. The second-order valence-corrected chi connectivity index (χ2v) is 9.43. The van der Waals surface area contributed by atoms with Gasteiger partial charge in [-0.15, -0.1) is 0 Å². The molecule has 0 aliphatic heterocycles. The van der Waals surface area contributed by atoms with Crippen LogP contribution < -0.4 is 41.9 Å². The Labute approximate surface area is 249 Å². The summed E-state index contributed by atoms with van der Waals surface area (Å²) in [6.07, 6.45) is 3.06. The SMILES string of the molecule is NCCCOc1cc(C#Cc2cccc(C#Cc3cc(OCCCN)cc(OCCCN)c3)c2)cc(OCCCN)c1. The summed E-state index contributed by atoms with van der Waals surface area (Å²) in [6.45, 7) is 4.38. The van der Waals surface area contributed by atoms with Crippen LogP contribution in [-0.4, -0.2) is 52.6 Å². The standard InChI is InChI=1S/C34H42N4O4/c35-12-2-16-39-31-21-29(22-32(25-31)40-17-3-13-36)10-8-27-6-1-7-28(20-27)9-11-30-23-33(41-18-4-14-37)26-34(24-30)42-19-5-15-38/h1,6-7,20-26H,2-5,12-19,35-38H2. The third-order valence-corrected chi connectivity index (χ3v) is 5.79. The van der Waals surface area contributed by atoms with Crippen LogP contribution >= 0.6 is 0 Å². The third kappa shape index (κ3) is 12.1. The van der Waals surface area contributed by atoms with Crippen LogP contribution in [0.4, 0.5) is 0 Å². The molecular weight excluding hydrogens is 528 g/mol. The highest BCUT2D eigenvalue weighted by Gasteiger charge is 2.04. The molecule has 8 N–H and O–H groups in total. The molecule has 0 amide bonds. The average molecular weight is 571 g/mol. The fraction of sp³-hybridized carbons (Fsp3) is 0.353. The van der Waals surface area contributed by atoms with Crippen molar-refractivity contribution in [3.05, 3.63) is 82.9 Å². The van der Waals surface area contributed by atoms with Crippen LogP contribution in [0.5, 0.6) is 23.0 Å². The van der Waals surface area contributed by atoms with Gasteiger partial charge in [0.15, 0.2) is 0 Å². The van der Waals surface area contributed by atoms with Crippen LogP contribution in [0.3, 0.4) is 0 Å². The molecule has 0 unspecified atom stereocenters. The first-order chi connectivity index (χ1) is 20.6. The van der Waals surface area contributed by atoms with E-state index in [1.807, 2.05) is 60.7 Å². The van der Waals surface area contributed by atoms with Gasteiger partial charge < -0.3 is 41.9 Å². The van der Waals surface area contributed by atoms with Gasteiger partial charge in [0, 0.05) is 34.4 Å².